The normalized spacial score (nSPS) is 25.6. The molecule has 4 nitrogen and oxygen atoms in total. The highest BCUT2D eigenvalue weighted by Gasteiger charge is 2.30. The molecule has 1 aromatic carbocycles. The van der Waals surface area contributed by atoms with Crippen LogP contribution in [0.15, 0.2) is 18.2 Å². The van der Waals surface area contributed by atoms with Crippen molar-refractivity contribution in [1.29, 1.82) is 0 Å². The van der Waals surface area contributed by atoms with Crippen molar-refractivity contribution in [2.24, 2.45) is 5.92 Å². The quantitative estimate of drug-likeness (QED) is 0.839. The van der Waals surface area contributed by atoms with Crippen LogP contribution in [-0.2, 0) is 16.0 Å². The Morgan fingerprint density at radius 3 is 3.17 bits per heavy atom. The first-order chi connectivity index (χ1) is 8.74. The number of carbonyl (C=O) groups is 1. The van der Waals surface area contributed by atoms with Crippen LogP contribution >= 0.6 is 0 Å². The molecule has 18 heavy (non-hydrogen) atoms. The minimum atomic E-state index is -0.295. The van der Waals surface area contributed by atoms with Crippen molar-refractivity contribution < 1.29 is 9.53 Å². The lowest BCUT2D eigenvalue weighted by molar-refractivity contribution is -0.126. The summed E-state index contributed by atoms with van der Waals surface area (Å²) in [6.45, 7) is 3.73. The Bertz CT molecular complexity index is 473. The second-order valence-electron chi connectivity index (χ2n) is 5.10. The second-order valence-corrected chi connectivity index (χ2v) is 5.10. The van der Waals surface area contributed by atoms with E-state index in [1.165, 1.54) is 11.3 Å². The summed E-state index contributed by atoms with van der Waals surface area (Å²) in [5.41, 5.74) is 3.32. The summed E-state index contributed by atoms with van der Waals surface area (Å²) < 4.78 is 5.47. The van der Waals surface area contributed by atoms with Crippen LogP contribution in [0.25, 0.3) is 0 Å². The molecule has 1 fully saturated rings. The molecule has 2 unspecified atom stereocenters. The molecule has 2 aliphatic rings. The Morgan fingerprint density at radius 1 is 1.50 bits per heavy atom. The van der Waals surface area contributed by atoms with Crippen molar-refractivity contribution in [1.82, 2.24) is 0 Å². The number of ether oxygens (including phenoxy) is 1. The number of nitrogens with one attached hydrogen (secondary N) is 2. The molecule has 0 radical (unpaired) electrons. The Morgan fingerprint density at radius 2 is 2.39 bits per heavy atom. The third kappa shape index (κ3) is 2.08. The Labute approximate surface area is 107 Å². The highest BCUT2D eigenvalue weighted by atomic mass is 16.5. The van der Waals surface area contributed by atoms with Gasteiger partial charge in [-0.05, 0) is 42.5 Å². The van der Waals surface area contributed by atoms with Crippen LogP contribution in [0.1, 0.15) is 18.9 Å². The third-order valence-electron chi connectivity index (χ3n) is 3.73. The van der Waals surface area contributed by atoms with Gasteiger partial charge in [-0.1, -0.05) is 6.92 Å². The molecule has 2 heterocycles. The summed E-state index contributed by atoms with van der Waals surface area (Å²) >= 11 is 0. The fourth-order valence-corrected chi connectivity index (χ4v) is 2.63. The molecule has 3 rings (SSSR count). The zero-order chi connectivity index (χ0) is 12.5. The molecular formula is C14H18N2O2. The number of anilines is 2. The standard InChI is InChI=1S/C14H18N2O2/c1-9-5-7-18-13(9)14(17)16-11-2-3-12-10(8-11)4-6-15-12/h2-3,8-9,13,15H,4-7H2,1H3,(H,16,17). The van der Waals surface area contributed by atoms with E-state index >= 15 is 0 Å². The molecule has 4 heteroatoms. The smallest absolute Gasteiger partial charge is 0.253 e. The van der Waals surface area contributed by atoms with Crippen LogP contribution < -0.4 is 10.6 Å². The van der Waals surface area contributed by atoms with Crippen molar-refractivity contribution in [2.45, 2.75) is 25.9 Å². The summed E-state index contributed by atoms with van der Waals surface area (Å²) in [4.78, 5) is 12.1. The van der Waals surface area contributed by atoms with Crippen LogP contribution in [0, 0.1) is 5.92 Å². The van der Waals surface area contributed by atoms with Gasteiger partial charge in [-0.3, -0.25) is 4.79 Å². The molecule has 2 atom stereocenters. The van der Waals surface area contributed by atoms with Gasteiger partial charge in [-0.25, -0.2) is 0 Å². The van der Waals surface area contributed by atoms with Gasteiger partial charge in [0.05, 0.1) is 0 Å². The number of benzene rings is 1. The lowest BCUT2D eigenvalue weighted by atomic mass is 10.0. The van der Waals surface area contributed by atoms with Crippen molar-refractivity contribution in [2.75, 3.05) is 23.8 Å². The minimum absolute atomic E-state index is 0.0223. The summed E-state index contributed by atoms with van der Waals surface area (Å²) in [5, 5.41) is 6.26. The maximum absolute atomic E-state index is 12.1. The van der Waals surface area contributed by atoms with Crippen molar-refractivity contribution in [3.63, 3.8) is 0 Å². The largest absolute Gasteiger partial charge is 0.384 e. The summed E-state index contributed by atoms with van der Waals surface area (Å²) in [6, 6.07) is 6.01. The Hall–Kier alpha value is -1.55. The molecule has 2 aliphatic heterocycles. The van der Waals surface area contributed by atoms with Gasteiger partial charge in [-0.15, -0.1) is 0 Å². The van der Waals surface area contributed by atoms with E-state index in [0.717, 1.165) is 25.1 Å². The van der Waals surface area contributed by atoms with Gasteiger partial charge < -0.3 is 15.4 Å². The third-order valence-corrected chi connectivity index (χ3v) is 3.73. The van der Waals surface area contributed by atoms with Crippen molar-refractivity contribution >= 4 is 17.3 Å². The van der Waals surface area contributed by atoms with E-state index in [1.54, 1.807) is 0 Å². The molecule has 0 bridgehead atoms. The highest BCUT2D eigenvalue weighted by molar-refractivity contribution is 5.94. The van der Waals surface area contributed by atoms with Crippen LogP contribution in [0.4, 0.5) is 11.4 Å². The number of hydrogen-bond acceptors (Lipinski definition) is 3. The summed E-state index contributed by atoms with van der Waals surface area (Å²) in [7, 11) is 0. The van der Waals surface area contributed by atoms with Crippen molar-refractivity contribution in [3.8, 4) is 0 Å². The highest BCUT2D eigenvalue weighted by Crippen LogP contribution is 2.26. The minimum Gasteiger partial charge on any atom is -0.384 e. The van der Waals surface area contributed by atoms with E-state index in [9.17, 15) is 4.79 Å². The van der Waals surface area contributed by atoms with E-state index in [0.29, 0.717) is 12.5 Å². The molecule has 96 valence electrons. The molecule has 0 saturated carbocycles. The van der Waals surface area contributed by atoms with E-state index in [-0.39, 0.29) is 12.0 Å². The van der Waals surface area contributed by atoms with Gasteiger partial charge in [0.1, 0.15) is 6.10 Å². The lowest BCUT2D eigenvalue weighted by Gasteiger charge is -2.15. The molecule has 1 saturated heterocycles. The fourth-order valence-electron chi connectivity index (χ4n) is 2.63. The van der Waals surface area contributed by atoms with E-state index < -0.39 is 0 Å². The molecule has 2 N–H and O–H groups in total. The average Bonchev–Trinajstić information content (AvgIpc) is 2.96. The first-order valence-electron chi connectivity index (χ1n) is 6.53. The number of fused-ring (bicyclic) bond motifs is 1. The SMILES string of the molecule is CC1CCOC1C(=O)Nc1ccc2c(c1)CCN2. The zero-order valence-corrected chi connectivity index (χ0v) is 10.5. The molecular weight excluding hydrogens is 228 g/mol. The molecule has 0 aliphatic carbocycles. The molecule has 1 amide bonds. The van der Waals surface area contributed by atoms with Crippen LogP contribution in [-0.4, -0.2) is 25.2 Å². The average molecular weight is 246 g/mol. The number of amides is 1. The van der Waals surface area contributed by atoms with Crippen molar-refractivity contribution in [3.05, 3.63) is 23.8 Å². The van der Waals surface area contributed by atoms with Crippen LogP contribution in [0.5, 0.6) is 0 Å². The zero-order valence-electron chi connectivity index (χ0n) is 10.5. The van der Waals surface area contributed by atoms with E-state index in [1.807, 2.05) is 18.2 Å². The Balaban J connectivity index is 1.71. The van der Waals surface area contributed by atoms with Crippen LogP contribution in [0.2, 0.25) is 0 Å². The maximum atomic E-state index is 12.1. The van der Waals surface area contributed by atoms with Gasteiger partial charge >= 0.3 is 0 Å². The molecule has 0 aromatic heterocycles. The summed E-state index contributed by atoms with van der Waals surface area (Å²) in [6.07, 6.45) is 1.69. The second kappa shape index (κ2) is 4.61. The van der Waals surface area contributed by atoms with Crippen LogP contribution in [0.3, 0.4) is 0 Å². The van der Waals surface area contributed by atoms with Gasteiger partial charge in [-0.2, -0.15) is 0 Å². The Kier molecular flexibility index (Phi) is 2.96. The monoisotopic (exact) mass is 246 g/mol. The summed E-state index contributed by atoms with van der Waals surface area (Å²) in [5.74, 6) is 0.284. The van der Waals surface area contributed by atoms with Gasteiger partial charge in [0.2, 0.25) is 0 Å². The van der Waals surface area contributed by atoms with Gasteiger partial charge in [0.15, 0.2) is 0 Å². The maximum Gasteiger partial charge on any atom is 0.253 e. The van der Waals surface area contributed by atoms with E-state index in [4.69, 9.17) is 4.74 Å². The predicted octanol–water partition coefficient (Wildman–Crippen LogP) is 2.02. The van der Waals surface area contributed by atoms with Gasteiger partial charge in [0.25, 0.3) is 5.91 Å². The fraction of sp³-hybridized carbons (Fsp3) is 0.500. The molecule has 1 aromatic rings. The first-order valence-corrected chi connectivity index (χ1v) is 6.53. The van der Waals surface area contributed by atoms with Gasteiger partial charge in [0, 0.05) is 24.5 Å². The first kappa shape index (κ1) is 11.5. The molecule has 0 spiro atoms. The number of hydrogen-bond donors (Lipinski definition) is 2. The topological polar surface area (TPSA) is 50.4 Å². The lowest BCUT2D eigenvalue weighted by Crippen LogP contribution is -2.31. The number of rotatable bonds is 2. The van der Waals surface area contributed by atoms with E-state index in [2.05, 4.69) is 17.6 Å². The number of carbonyl (C=O) groups excluding carboxylic acids is 1. The predicted molar refractivity (Wildman–Crippen MR) is 70.8 cm³/mol.